The Bertz CT molecular complexity index is 695. The van der Waals surface area contributed by atoms with Crippen LogP contribution in [-0.4, -0.2) is 15.6 Å². The number of halogens is 2. The second-order valence-corrected chi connectivity index (χ2v) is 4.72. The Labute approximate surface area is 118 Å². The molecule has 19 heavy (non-hydrogen) atoms. The number of aromatic nitrogens is 1. The van der Waals surface area contributed by atoms with E-state index in [-0.39, 0.29) is 12.2 Å². The number of nitrogens with zero attached hydrogens (tertiary/aromatic N) is 1. The summed E-state index contributed by atoms with van der Waals surface area (Å²) in [6.45, 7) is 0.0562. The second kappa shape index (κ2) is 5.47. The molecule has 4 nitrogen and oxygen atoms in total. The third kappa shape index (κ3) is 2.97. The summed E-state index contributed by atoms with van der Waals surface area (Å²) in [6, 6.07) is 8.90. The Hall–Kier alpha value is -1.78. The summed E-state index contributed by atoms with van der Waals surface area (Å²) in [6.07, 6.45) is 0. The number of carboxylic acid groups (broad SMARTS) is 1. The molecule has 2 aromatic rings. The third-order valence-corrected chi connectivity index (χ3v) is 3.21. The van der Waals surface area contributed by atoms with E-state index in [4.69, 9.17) is 28.3 Å². The van der Waals surface area contributed by atoms with Crippen molar-refractivity contribution in [2.45, 2.75) is 6.54 Å². The van der Waals surface area contributed by atoms with Crippen LogP contribution in [-0.2, 0) is 6.54 Å². The van der Waals surface area contributed by atoms with Crippen molar-refractivity contribution >= 4 is 29.2 Å². The Morgan fingerprint density at radius 2 is 1.95 bits per heavy atom. The van der Waals surface area contributed by atoms with Crippen molar-refractivity contribution in [3.63, 3.8) is 0 Å². The Morgan fingerprint density at radius 1 is 1.21 bits per heavy atom. The molecule has 2 rings (SSSR count). The Kier molecular flexibility index (Phi) is 3.93. The maximum atomic E-state index is 11.8. The summed E-state index contributed by atoms with van der Waals surface area (Å²) in [5.74, 6) is -1.17. The van der Waals surface area contributed by atoms with Crippen LogP contribution >= 0.6 is 23.2 Å². The summed E-state index contributed by atoms with van der Waals surface area (Å²) < 4.78 is 1.14. The fraction of sp³-hybridized carbons (Fsp3) is 0.0769. The molecular formula is C13H9Cl2NO3. The van der Waals surface area contributed by atoms with Gasteiger partial charge in [-0.25, -0.2) is 4.79 Å². The van der Waals surface area contributed by atoms with Crippen molar-refractivity contribution in [2.24, 2.45) is 0 Å². The second-order valence-electron chi connectivity index (χ2n) is 3.88. The molecule has 0 atom stereocenters. The molecule has 98 valence electrons. The molecule has 1 N–H and O–H groups in total. The predicted molar refractivity (Wildman–Crippen MR) is 73.2 cm³/mol. The van der Waals surface area contributed by atoms with Gasteiger partial charge in [0, 0.05) is 16.1 Å². The van der Waals surface area contributed by atoms with Gasteiger partial charge in [0.1, 0.15) is 5.69 Å². The maximum absolute atomic E-state index is 11.8. The molecule has 0 fully saturated rings. The van der Waals surface area contributed by atoms with Crippen LogP contribution in [0, 0.1) is 0 Å². The molecule has 1 aromatic carbocycles. The molecule has 0 aliphatic heterocycles. The molecule has 1 heterocycles. The SMILES string of the molecule is O=C(O)c1cccc(=O)n1Cc1cc(Cl)ccc1Cl. The van der Waals surface area contributed by atoms with Gasteiger partial charge in [0.05, 0.1) is 6.54 Å². The smallest absolute Gasteiger partial charge is 0.352 e. The zero-order chi connectivity index (χ0) is 14.0. The number of carboxylic acids is 1. The molecule has 0 spiro atoms. The van der Waals surface area contributed by atoms with Gasteiger partial charge in [0.25, 0.3) is 5.56 Å². The van der Waals surface area contributed by atoms with Crippen molar-refractivity contribution in [3.05, 3.63) is 68.1 Å². The first-order valence-corrected chi connectivity index (χ1v) is 6.11. The van der Waals surface area contributed by atoms with E-state index in [0.29, 0.717) is 15.6 Å². The normalized spacial score (nSPS) is 10.4. The highest BCUT2D eigenvalue weighted by molar-refractivity contribution is 6.33. The summed E-state index contributed by atoms with van der Waals surface area (Å²) >= 11 is 11.9. The molecule has 0 aliphatic rings. The third-order valence-electron chi connectivity index (χ3n) is 2.61. The number of hydrogen-bond donors (Lipinski definition) is 1. The van der Waals surface area contributed by atoms with Crippen LogP contribution in [0.3, 0.4) is 0 Å². The number of benzene rings is 1. The Balaban J connectivity index is 2.52. The summed E-state index contributed by atoms with van der Waals surface area (Å²) in [5, 5.41) is 9.97. The molecule has 0 saturated heterocycles. The van der Waals surface area contributed by atoms with E-state index in [1.165, 1.54) is 18.2 Å². The summed E-state index contributed by atoms with van der Waals surface area (Å²) in [5.41, 5.74) is 0.0875. The van der Waals surface area contributed by atoms with Gasteiger partial charge >= 0.3 is 5.97 Å². The summed E-state index contributed by atoms with van der Waals surface area (Å²) in [4.78, 5) is 22.9. The van der Waals surface area contributed by atoms with Crippen LogP contribution < -0.4 is 5.56 Å². The van der Waals surface area contributed by atoms with Crippen molar-refractivity contribution in [2.75, 3.05) is 0 Å². The van der Waals surface area contributed by atoms with Crippen molar-refractivity contribution < 1.29 is 9.90 Å². The lowest BCUT2D eigenvalue weighted by molar-refractivity contribution is 0.0684. The summed E-state index contributed by atoms with van der Waals surface area (Å²) in [7, 11) is 0. The van der Waals surface area contributed by atoms with Crippen LogP contribution in [0.4, 0.5) is 0 Å². The first kappa shape index (κ1) is 13.6. The van der Waals surface area contributed by atoms with Gasteiger partial charge < -0.3 is 5.11 Å². The van der Waals surface area contributed by atoms with E-state index in [9.17, 15) is 9.59 Å². The predicted octanol–water partition coefficient (Wildman–Crippen LogP) is 2.90. The van der Waals surface area contributed by atoms with Crippen LogP contribution in [0.2, 0.25) is 10.0 Å². The minimum absolute atomic E-state index is 0.0562. The number of hydrogen-bond acceptors (Lipinski definition) is 2. The molecule has 0 radical (unpaired) electrons. The van der Waals surface area contributed by atoms with Crippen LogP contribution in [0.1, 0.15) is 16.1 Å². The molecule has 6 heteroatoms. The lowest BCUT2D eigenvalue weighted by atomic mass is 10.2. The number of rotatable bonds is 3. The van der Waals surface area contributed by atoms with Crippen LogP contribution in [0.25, 0.3) is 0 Å². The van der Waals surface area contributed by atoms with E-state index in [1.807, 2.05) is 0 Å². The molecule has 0 amide bonds. The molecule has 0 aliphatic carbocycles. The van der Waals surface area contributed by atoms with Crippen LogP contribution in [0.5, 0.6) is 0 Å². The zero-order valence-electron chi connectivity index (χ0n) is 9.64. The number of carbonyl (C=O) groups is 1. The van der Waals surface area contributed by atoms with Gasteiger partial charge in [0.15, 0.2) is 0 Å². The lowest BCUT2D eigenvalue weighted by Crippen LogP contribution is -2.25. The molecule has 0 saturated carbocycles. The molecule has 0 unspecified atom stereocenters. The topological polar surface area (TPSA) is 59.3 Å². The number of pyridine rings is 1. The first-order valence-electron chi connectivity index (χ1n) is 5.36. The largest absolute Gasteiger partial charge is 0.477 e. The van der Waals surface area contributed by atoms with Crippen LogP contribution in [0.15, 0.2) is 41.2 Å². The fourth-order valence-corrected chi connectivity index (χ4v) is 2.08. The van der Waals surface area contributed by atoms with Gasteiger partial charge in [-0.05, 0) is 29.8 Å². The van der Waals surface area contributed by atoms with E-state index in [0.717, 1.165) is 4.57 Å². The molecule has 0 bridgehead atoms. The lowest BCUT2D eigenvalue weighted by Gasteiger charge is -2.11. The fourth-order valence-electron chi connectivity index (χ4n) is 1.70. The van der Waals surface area contributed by atoms with E-state index in [2.05, 4.69) is 0 Å². The van der Waals surface area contributed by atoms with E-state index >= 15 is 0 Å². The van der Waals surface area contributed by atoms with Gasteiger partial charge in [-0.2, -0.15) is 0 Å². The average Bonchev–Trinajstić information content (AvgIpc) is 2.35. The van der Waals surface area contributed by atoms with E-state index < -0.39 is 11.5 Å². The number of aromatic carboxylic acids is 1. The van der Waals surface area contributed by atoms with Gasteiger partial charge in [-0.1, -0.05) is 29.3 Å². The maximum Gasteiger partial charge on any atom is 0.352 e. The monoisotopic (exact) mass is 297 g/mol. The Morgan fingerprint density at radius 3 is 2.63 bits per heavy atom. The van der Waals surface area contributed by atoms with Crippen molar-refractivity contribution in [1.82, 2.24) is 4.57 Å². The highest BCUT2D eigenvalue weighted by Crippen LogP contribution is 2.21. The highest BCUT2D eigenvalue weighted by atomic mass is 35.5. The standard InChI is InChI=1S/C13H9Cl2NO3/c14-9-4-5-10(15)8(6-9)7-16-11(13(18)19)2-1-3-12(16)17/h1-6H,7H2,(H,18,19). The van der Waals surface area contributed by atoms with Gasteiger partial charge in [0.2, 0.25) is 0 Å². The quantitative estimate of drug-likeness (QED) is 0.947. The average molecular weight is 298 g/mol. The molecule has 1 aromatic heterocycles. The van der Waals surface area contributed by atoms with Crippen molar-refractivity contribution in [3.8, 4) is 0 Å². The minimum Gasteiger partial charge on any atom is -0.477 e. The van der Waals surface area contributed by atoms with Gasteiger partial charge in [-0.3, -0.25) is 9.36 Å². The first-order chi connectivity index (χ1) is 8.99. The molecular weight excluding hydrogens is 289 g/mol. The van der Waals surface area contributed by atoms with Gasteiger partial charge in [-0.15, -0.1) is 0 Å². The zero-order valence-corrected chi connectivity index (χ0v) is 11.1. The minimum atomic E-state index is -1.17. The van der Waals surface area contributed by atoms with Crippen molar-refractivity contribution in [1.29, 1.82) is 0 Å². The van der Waals surface area contributed by atoms with E-state index in [1.54, 1.807) is 18.2 Å². The highest BCUT2D eigenvalue weighted by Gasteiger charge is 2.12.